The molecule has 3 aromatic rings. The van der Waals surface area contributed by atoms with Gasteiger partial charge in [0, 0.05) is 31.4 Å². The number of piperidine rings is 1. The molecule has 3 heterocycles. The summed E-state index contributed by atoms with van der Waals surface area (Å²) < 4.78 is 3.70. The van der Waals surface area contributed by atoms with Crippen LogP contribution in [-0.4, -0.2) is 33.2 Å². The molecule has 0 spiro atoms. The Morgan fingerprint density at radius 2 is 2.04 bits per heavy atom. The Kier molecular flexibility index (Phi) is 4.98. The van der Waals surface area contributed by atoms with Gasteiger partial charge in [-0.2, -0.15) is 0 Å². The Balaban J connectivity index is 1.93. The van der Waals surface area contributed by atoms with E-state index in [1.54, 1.807) is 4.57 Å². The highest BCUT2D eigenvalue weighted by Gasteiger charge is 2.24. The van der Waals surface area contributed by atoms with Crippen molar-refractivity contribution in [3.63, 3.8) is 0 Å². The van der Waals surface area contributed by atoms with Crippen molar-refractivity contribution in [2.75, 3.05) is 18.0 Å². The first-order valence-corrected chi connectivity index (χ1v) is 10.1. The lowest BCUT2D eigenvalue weighted by molar-refractivity contribution is 0.506. The molecule has 4 rings (SSSR count). The third-order valence-corrected chi connectivity index (χ3v) is 5.72. The summed E-state index contributed by atoms with van der Waals surface area (Å²) in [5.74, 6) is 0. The normalized spacial score (nSPS) is 17.6. The number of hydrogen-bond donors (Lipinski definition) is 1. The van der Waals surface area contributed by atoms with Crippen molar-refractivity contribution in [2.24, 2.45) is 5.73 Å². The van der Waals surface area contributed by atoms with Crippen LogP contribution in [0.2, 0.25) is 0 Å². The van der Waals surface area contributed by atoms with Gasteiger partial charge in [0.05, 0.1) is 12.2 Å². The van der Waals surface area contributed by atoms with Gasteiger partial charge in [-0.25, -0.2) is 9.78 Å². The molecule has 0 saturated carbocycles. The summed E-state index contributed by atoms with van der Waals surface area (Å²) in [6.45, 7) is 8.46. The molecule has 1 aliphatic rings. The van der Waals surface area contributed by atoms with Crippen LogP contribution in [0, 0.1) is 6.92 Å². The molecule has 2 aromatic heterocycles. The van der Waals surface area contributed by atoms with Gasteiger partial charge >= 0.3 is 5.69 Å². The van der Waals surface area contributed by atoms with Crippen LogP contribution < -0.4 is 16.3 Å². The van der Waals surface area contributed by atoms with Crippen LogP contribution in [0.3, 0.4) is 0 Å². The Morgan fingerprint density at radius 1 is 1.25 bits per heavy atom. The number of nitrogens with two attached hydrogens (primary N) is 1. The highest BCUT2D eigenvalue weighted by atomic mass is 16.1. The van der Waals surface area contributed by atoms with Crippen LogP contribution >= 0.6 is 0 Å². The molecule has 0 bridgehead atoms. The second-order valence-corrected chi connectivity index (χ2v) is 8.11. The molecule has 28 heavy (non-hydrogen) atoms. The highest BCUT2D eigenvalue weighted by molar-refractivity contribution is 5.87. The Morgan fingerprint density at radius 3 is 2.75 bits per heavy atom. The van der Waals surface area contributed by atoms with E-state index in [1.165, 1.54) is 5.56 Å². The first-order chi connectivity index (χ1) is 13.5. The van der Waals surface area contributed by atoms with E-state index < -0.39 is 0 Å². The average molecular weight is 380 g/mol. The summed E-state index contributed by atoms with van der Waals surface area (Å²) in [6, 6.07) is 10.5. The van der Waals surface area contributed by atoms with Crippen LogP contribution in [0.15, 0.2) is 41.3 Å². The van der Waals surface area contributed by atoms with Crippen molar-refractivity contribution < 1.29 is 0 Å². The number of hydrogen-bond acceptors (Lipinski definition) is 4. The zero-order valence-corrected chi connectivity index (χ0v) is 16.9. The molecule has 148 valence electrons. The van der Waals surface area contributed by atoms with Crippen LogP contribution in [0.25, 0.3) is 11.2 Å². The van der Waals surface area contributed by atoms with Gasteiger partial charge in [0.15, 0.2) is 5.65 Å². The summed E-state index contributed by atoms with van der Waals surface area (Å²) >= 11 is 0. The summed E-state index contributed by atoms with van der Waals surface area (Å²) in [4.78, 5) is 20.3. The standard InChI is InChI=1S/C22H29N5O/c1-15(2)27-21-20(19(10-11-24-21)25-12-6-9-18(23)14-25)26(22(27)28)13-17-8-5-4-7-16(17)3/h4-5,7-8,10-11,15,18H,6,9,12-14,23H2,1-3H3/t18-/m1/s1. The maximum Gasteiger partial charge on any atom is 0.330 e. The first kappa shape index (κ1) is 18.7. The minimum atomic E-state index is -0.00508. The molecule has 0 radical (unpaired) electrons. The predicted octanol–water partition coefficient (Wildman–Crippen LogP) is 3.06. The summed E-state index contributed by atoms with van der Waals surface area (Å²) in [6.07, 6.45) is 3.93. The van der Waals surface area contributed by atoms with E-state index in [0.717, 1.165) is 48.3 Å². The quantitative estimate of drug-likeness (QED) is 0.756. The van der Waals surface area contributed by atoms with Crippen molar-refractivity contribution >= 4 is 16.9 Å². The minimum Gasteiger partial charge on any atom is -0.368 e. The number of fused-ring (bicyclic) bond motifs is 1. The second kappa shape index (κ2) is 7.43. The number of pyridine rings is 1. The van der Waals surface area contributed by atoms with Gasteiger partial charge in [0.1, 0.15) is 5.52 Å². The van der Waals surface area contributed by atoms with Gasteiger partial charge in [-0.15, -0.1) is 0 Å². The number of benzene rings is 1. The van der Waals surface area contributed by atoms with Crippen molar-refractivity contribution in [2.45, 2.75) is 52.2 Å². The molecule has 0 amide bonds. The molecule has 1 fully saturated rings. The molecule has 0 unspecified atom stereocenters. The number of rotatable bonds is 4. The van der Waals surface area contributed by atoms with Crippen LogP contribution in [0.1, 0.15) is 43.9 Å². The second-order valence-electron chi connectivity index (χ2n) is 8.11. The van der Waals surface area contributed by atoms with E-state index >= 15 is 0 Å². The molecular weight excluding hydrogens is 350 g/mol. The number of anilines is 1. The van der Waals surface area contributed by atoms with Crippen LogP contribution in [0.4, 0.5) is 5.69 Å². The molecule has 0 aliphatic carbocycles. The van der Waals surface area contributed by atoms with Crippen molar-refractivity contribution in [3.05, 3.63) is 58.1 Å². The highest BCUT2D eigenvalue weighted by Crippen LogP contribution is 2.29. The SMILES string of the molecule is Cc1ccccc1Cn1c(=O)n(C(C)C)c2nccc(N3CCC[C@@H](N)C3)c21. The summed E-state index contributed by atoms with van der Waals surface area (Å²) in [5.41, 5.74) is 11.3. The lowest BCUT2D eigenvalue weighted by Gasteiger charge is -2.33. The number of aromatic nitrogens is 3. The van der Waals surface area contributed by atoms with Crippen LogP contribution in [-0.2, 0) is 6.54 Å². The third-order valence-electron chi connectivity index (χ3n) is 5.72. The lowest BCUT2D eigenvalue weighted by atomic mass is 10.1. The van der Waals surface area contributed by atoms with Crippen LogP contribution in [0.5, 0.6) is 0 Å². The number of nitrogens with zero attached hydrogens (tertiary/aromatic N) is 4. The van der Waals surface area contributed by atoms with E-state index in [9.17, 15) is 4.79 Å². The fourth-order valence-corrected chi connectivity index (χ4v) is 4.24. The zero-order valence-electron chi connectivity index (χ0n) is 16.9. The lowest BCUT2D eigenvalue weighted by Crippen LogP contribution is -2.43. The Labute approximate surface area is 165 Å². The third kappa shape index (κ3) is 3.22. The first-order valence-electron chi connectivity index (χ1n) is 10.1. The van der Waals surface area contributed by atoms with E-state index in [1.807, 2.05) is 42.8 Å². The maximum absolute atomic E-state index is 13.4. The number of aryl methyl sites for hydroxylation is 1. The van der Waals surface area contributed by atoms with Gasteiger partial charge in [0.25, 0.3) is 0 Å². The van der Waals surface area contributed by atoms with E-state index in [2.05, 4.69) is 28.9 Å². The predicted molar refractivity (Wildman–Crippen MR) is 114 cm³/mol. The van der Waals surface area contributed by atoms with Gasteiger partial charge in [-0.1, -0.05) is 24.3 Å². The van der Waals surface area contributed by atoms with Gasteiger partial charge in [-0.3, -0.25) is 9.13 Å². The zero-order chi connectivity index (χ0) is 19.8. The Hall–Kier alpha value is -2.60. The maximum atomic E-state index is 13.4. The average Bonchev–Trinajstić information content (AvgIpc) is 2.95. The minimum absolute atomic E-state index is 0.00508. The fraction of sp³-hybridized carbons (Fsp3) is 0.455. The molecular formula is C22H29N5O. The molecule has 2 N–H and O–H groups in total. The summed E-state index contributed by atoms with van der Waals surface area (Å²) in [7, 11) is 0. The monoisotopic (exact) mass is 379 g/mol. The number of imidazole rings is 1. The molecule has 1 aliphatic heterocycles. The molecule has 1 atom stereocenters. The van der Waals surface area contributed by atoms with Crippen molar-refractivity contribution in [1.82, 2.24) is 14.1 Å². The van der Waals surface area contributed by atoms with E-state index in [-0.39, 0.29) is 17.8 Å². The summed E-state index contributed by atoms with van der Waals surface area (Å²) in [5, 5.41) is 0. The van der Waals surface area contributed by atoms with Gasteiger partial charge < -0.3 is 10.6 Å². The Bertz CT molecular complexity index is 1050. The van der Waals surface area contributed by atoms with Gasteiger partial charge in [-0.05, 0) is 50.8 Å². The molecule has 6 heteroatoms. The largest absolute Gasteiger partial charge is 0.368 e. The molecule has 1 saturated heterocycles. The smallest absolute Gasteiger partial charge is 0.330 e. The van der Waals surface area contributed by atoms with Gasteiger partial charge in [0.2, 0.25) is 0 Å². The van der Waals surface area contributed by atoms with E-state index in [0.29, 0.717) is 6.54 Å². The molecule has 6 nitrogen and oxygen atoms in total. The van der Waals surface area contributed by atoms with E-state index in [4.69, 9.17) is 5.73 Å². The topological polar surface area (TPSA) is 69.1 Å². The van der Waals surface area contributed by atoms with Crippen molar-refractivity contribution in [3.8, 4) is 0 Å². The fourth-order valence-electron chi connectivity index (χ4n) is 4.24. The van der Waals surface area contributed by atoms with Crippen molar-refractivity contribution in [1.29, 1.82) is 0 Å². The molecule has 1 aromatic carbocycles.